The Bertz CT molecular complexity index is 717. The van der Waals surface area contributed by atoms with Gasteiger partial charge in [0.15, 0.2) is 11.4 Å². The number of oxazole rings is 1. The zero-order valence-corrected chi connectivity index (χ0v) is 9.75. The Morgan fingerprint density at radius 2 is 2.11 bits per heavy atom. The van der Waals surface area contributed by atoms with Crippen LogP contribution in [0.15, 0.2) is 47.0 Å². The first kappa shape index (κ1) is 10.7. The van der Waals surface area contributed by atoms with Gasteiger partial charge in [-0.15, -0.1) is 0 Å². The lowest BCUT2D eigenvalue weighted by molar-refractivity contribution is 0.101. The molecule has 0 N–H and O–H groups in total. The van der Waals surface area contributed by atoms with Gasteiger partial charge in [0.1, 0.15) is 11.2 Å². The molecule has 3 aromatic rings. The Balaban J connectivity index is 2.14. The Hall–Kier alpha value is -2.49. The normalized spacial score (nSPS) is 10.7. The average molecular weight is 238 g/mol. The zero-order valence-electron chi connectivity index (χ0n) is 9.75. The van der Waals surface area contributed by atoms with E-state index in [0.717, 1.165) is 0 Å². The molecule has 0 aliphatic heterocycles. The van der Waals surface area contributed by atoms with Gasteiger partial charge in [-0.2, -0.15) is 0 Å². The number of carbonyl (C=O) groups is 1. The van der Waals surface area contributed by atoms with Crippen molar-refractivity contribution < 1.29 is 9.21 Å². The molecule has 88 valence electrons. The van der Waals surface area contributed by atoms with E-state index in [4.69, 9.17) is 4.42 Å². The van der Waals surface area contributed by atoms with Crippen LogP contribution in [0.25, 0.3) is 22.7 Å². The lowest BCUT2D eigenvalue weighted by Gasteiger charge is -1.92. The number of Topliss-reactive ketones (excluding diaryl/α,β-unsaturated/α-hetero) is 1. The number of ketones is 1. The molecular formula is C14H10N2O2. The lowest BCUT2D eigenvalue weighted by Crippen LogP contribution is -1.90. The van der Waals surface area contributed by atoms with Crippen LogP contribution in [-0.2, 0) is 0 Å². The largest absolute Gasteiger partial charge is 0.435 e. The van der Waals surface area contributed by atoms with Gasteiger partial charge in [0.25, 0.3) is 0 Å². The van der Waals surface area contributed by atoms with Crippen LogP contribution in [0.5, 0.6) is 0 Å². The maximum Gasteiger partial charge on any atom is 0.246 e. The first-order valence-corrected chi connectivity index (χ1v) is 5.57. The quantitative estimate of drug-likeness (QED) is 0.644. The minimum absolute atomic E-state index is 0.0132. The molecule has 1 aromatic carbocycles. The SMILES string of the molecule is CC(=O)c1ccc2oc(-c3ccccn3)nc2c1. The highest BCUT2D eigenvalue weighted by molar-refractivity contribution is 5.97. The third-order valence-corrected chi connectivity index (χ3v) is 2.68. The Morgan fingerprint density at radius 1 is 1.22 bits per heavy atom. The second kappa shape index (κ2) is 4.07. The van der Waals surface area contributed by atoms with Crippen molar-refractivity contribution in [1.29, 1.82) is 0 Å². The van der Waals surface area contributed by atoms with E-state index in [0.29, 0.717) is 28.2 Å². The summed E-state index contributed by atoms with van der Waals surface area (Å²) in [6.45, 7) is 1.53. The van der Waals surface area contributed by atoms with E-state index in [2.05, 4.69) is 9.97 Å². The topological polar surface area (TPSA) is 56.0 Å². The molecule has 2 aromatic heterocycles. The van der Waals surface area contributed by atoms with Crippen molar-refractivity contribution in [2.45, 2.75) is 6.92 Å². The highest BCUT2D eigenvalue weighted by atomic mass is 16.3. The number of hydrogen-bond donors (Lipinski definition) is 0. The van der Waals surface area contributed by atoms with Crippen molar-refractivity contribution >= 4 is 16.9 Å². The molecule has 0 aliphatic rings. The smallest absolute Gasteiger partial charge is 0.246 e. The third-order valence-electron chi connectivity index (χ3n) is 2.68. The van der Waals surface area contributed by atoms with Crippen LogP contribution in [-0.4, -0.2) is 15.8 Å². The molecule has 2 heterocycles. The molecule has 4 heteroatoms. The summed E-state index contributed by atoms with van der Waals surface area (Å²) in [7, 11) is 0. The predicted molar refractivity (Wildman–Crippen MR) is 67.2 cm³/mol. The molecule has 0 atom stereocenters. The van der Waals surface area contributed by atoms with Gasteiger partial charge in [-0.3, -0.25) is 9.78 Å². The van der Waals surface area contributed by atoms with Gasteiger partial charge in [-0.25, -0.2) is 4.98 Å². The van der Waals surface area contributed by atoms with E-state index in [1.54, 1.807) is 24.4 Å². The van der Waals surface area contributed by atoms with Gasteiger partial charge < -0.3 is 4.42 Å². The van der Waals surface area contributed by atoms with Gasteiger partial charge in [0.2, 0.25) is 5.89 Å². The molecular weight excluding hydrogens is 228 g/mol. The summed E-state index contributed by atoms with van der Waals surface area (Å²) in [6, 6.07) is 10.8. The van der Waals surface area contributed by atoms with E-state index < -0.39 is 0 Å². The number of rotatable bonds is 2. The van der Waals surface area contributed by atoms with Crippen LogP contribution in [0, 0.1) is 0 Å². The minimum Gasteiger partial charge on any atom is -0.435 e. The fourth-order valence-corrected chi connectivity index (χ4v) is 1.75. The lowest BCUT2D eigenvalue weighted by atomic mass is 10.1. The van der Waals surface area contributed by atoms with Crippen molar-refractivity contribution in [3.8, 4) is 11.6 Å². The number of aromatic nitrogens is 2. The molecule has 0 saturated heterocycles. The van der Waals surface area contributed by atoms with Crippen LogP contribution in [0.3, 0.4) is 0 Å². The van der Waals surface area contributed by atoms with Gasteiger partial charge >= 0.3 is 0 Å². The van der Waals surface area contributed by atoms with Gasteiger partial charge in [-0.1, -0.05) is 6.07 Å². The van der Waals surface area contributed by atoms with E-state index in [1.165, 1.54) is 6.92 Å². The minimum atomic E-state index is 0.0132. The highest BCUT2D eigenvalue weighted by Gasteiger charge is 2.10. The molecule has 3 rings (SSSR count). The summed E-state index contributed by atoms with van der Waals surface area (Å²) in [6.07, 6.45) is 1.69. The second-order valence-corrected chi connectivity index (χ2v) is 3.97. The Morgan fingerprint density at radius 3 is 2.83 bits per heavy atom. The molecule has 0 unspecified atom stereocenters. The van der Waals surface area contributed by atoms with Crippen LogP contribution >= 0.6 is 0 Å². The molecule has 0 aliphatic carbocycles. The first-order chi connectivity index (χ1) is 8.74. The average Bonchev–Trinajstić information content (AvgIpc) is 2.82. The molecule has 0 radical (unpaired) electrons. The molecule has 4 nitrogen and oxygen atoms in total. The number of fused-ring (bicyclic) bond motifs is 1. The summed E-state index contributed by atoms with van der Waals surface area (Å²) in [5.41, 5.74) is 2.63. The summed E-state index contributed by atoms with van der Waals surface area (Å²) in [5.74, 6) is 0.477. The molecule has 18 heavy (non-hydrogen) atoms. The monoisotopic (exact) mass is 238 g/mol. The molecule has 0 saturated carbocycles. The number of hydrogen-bond acceptors (Lipinski definition) is 4. The van der Waals surface area contributed by atoms with Crippen LogP contribution in [0.1, 0.15) is 17.3 Å². The standard InChI is InChI=1S/C14H10N2O2/c1-9(17)10-5-6-13-12(8-10)16-14(18-13)11-4-2-3-7-15-11/h2-8H,1H3. The number of carbonyl (C=O) groups excluding carboxylic acids is 1. The Kier molecular flexibility index (Phi) is 2.41. The highest BCUT2D eigenvalue weighted by Crippen LogP contribution is 2.23. The molecule has 0 bridgehead atoms. The van der Waals surface area contributed by atoms with E-state index in [-0.39, 0.29) is 5.78 Å². The van der Waals surface area contributed by atoms with Crippen LogP contribution in [0.4, 0.5) is 0 Å². The van der Waals surface area contributed by atoms with Gasteiger partial charge in [0, 0.05) is 11.8 Å². The number of benzene rings is 1. The molecule has 0 fully saturated rings. The number of pyridine rings is 1. The van der Waals surface area contributed by atoms with Crippen molar-refractivity contribution in [3.63, 3.8) is 0 Å². The maximum atomic E-state index is 11.3. The zero-order chi connectivity index (χ0) is 12.5. The van der Waals surface area contributed by atoms with Crippen molar-refractivity contribution in [1.82, 2.24) is 9.97 Å². The molecule has 0 spiro atoms. The van der Waals surface area contributed by atoms with E-state index in [1.807, 2.05) is 18.2 Å². The molecule has 0 amide bonds. The van der Waals surface area contributed by atoms with Crippen LogP contribution in [0.2, 0.25) is 0 Å². The summed E-state index contributed by atoms with van der Waals surface area (Å²) in [4.78, 5) is 19.8. The second-order valence-electron chi connectivity index (χ2n) is 3.97. The number of nitrogens with zero attached hydrogens (tertiary/aromatic N) is 2. The predicted octanol–water partition coefficient (Wildman–Crippen LogP) is 3.09. The van der Waals surface area contributed by atoms with Gasteiger partial charge in [0.05, 0.1) is 0 Å². The van der Waals surface area contributed by atoms with E-state index in [9.17, 15) is 4.79 Å². The summed E-state index contributed by atoms with van der Waals surface area (Å²) in [5, 5.41) is 0. The van der Waals surface area contributed by atoms with Gasteiger partial charge in [-0.05, 0) is 37.3 Å². The third kappa shape index (κ3) is 1.78. The summed E-state index contributed by atoms with van der Waals surface area (Å²) < 4.78 is 5.60. The fraction of sp³-hybridized carbons (Fsp3) is 0.0714. The van der Waals surface area contributed by atoms with Crippen LogP contribution < -0.4 is 0 Å². The first-order valence-electron chi connectivity index (χ1n) is 5.57. The van der Waals surface area contributed by atoms with Crippen molar-refractivity contribution in [2.24, 2.45) is 0 Å². The van der Waals surface area contributed by atoms with Crippen molar-refractivity contribution in [2.75, 3.05) is 0 Å². The summed E-state index contributed by atoms with van der Waals surface area (Å²) >= 11 is 0. The van der Waals surface area contributed by atoms with E-state index >= 15 is 0 Å². The maximum absolute atomic E-state index is 11.3. The fourth-order valence-electron chi connectivity index (χ4n) is 1.75. The Labute approximate surface area is 103 Å². The van der Waals surface area contributed by atoms with Crippen molar-refractivity contribution in [3.05, 3.63) is 48.2 Å².